The first-order valence-corrected chi connectivity index (χ1v) is 1.68. The molecule has 0 bridgehead atoms. The predicted octanol–water partition coefficient (Wildman–Crippen LogP) is -5.14. The van der Waals surface area contributed by atoms with Crippen LogP contribution in [0.15, 0.2) is 0 Å². The summed E-state index contributed by atoms with van der Waals surface area (Å²) in [6.45, 7) is -1.04. The van der Waals surface area contributed by atoms with Gasteiger partial charge in [-0.2, -0.15) is 0 Å². The normalized spacial score (nSPS) is 10.9. The first kappa shape index (κ1) is 15.9. The van der Waals surface area contributed by atoms with E-state index in [1.165, 1.54) is 0 Å². The van der Waals surface area contributed by atoms with E-state index < -0.39 is 19.3 Å². The summed E-state index contributed by atoms with van der Waals surface area (Å²) in [6.07, 6.45) is -1.06. The van der Waals surface area contributed by atoms with Crippen LogP contribution in [0.1, 0.15) is 0 Å². The van der Waals surface area contributed by atoms with E-state index in [0.717, 1.165) is 0 Å². The summed E-state index contributed by atoms with van der Waals surface area (Å²) < 4.78 is 0. The van der Waals surface area contributed by atoms with Gasteiger partial charge in [-0.25, -0.2) is 0 Å². The number of hydrogen-bond donors (Lipinski definition) is 2. The van der Waals surface area contributed by atoms with E-state index in [1.54, 1.807) is 0 Å². The molecule has 0 saturated heterocycles. The van der Waals surface area contributed by atoms with E-state index in [1.807, 2.05) is 0 Å². The second-order valence-electron chi connectivity index (χ2n) is 1.00. The van der Waals surface area contributed by atoms with E-state index in [-0.39, 0.29) is 34.3 Å². The summed E-state index contributed by atoms with van der Waals surface area (Å²) in [6, 6.07) is 0. The van der Waals surface area contributed by atoms with Gasteiger partial charge in [-0.05, 0) is 0 Å². The van der Waals surface area contributed by atoms with Gasteiger partial charge in [0.25, 0.3) is 0 Å². The molecule has 0 saturated carbocycles. The molecule has 0 aliphatic carbocycles. The van der Waals surface area contributed by atoms with Gasteiger partial charge in [0.15, 0.2) is 0 Å². The molecule has 1 unspecified atom stereocenters. The maximum Gasteiger partial charge on any atom is 1.00 e. The van der Waals surface area contributed by atoms with Crippen LogP contribution in [-0.2, 0) is 0 Å². The van der Waals surface area contributed by atoms with Crippen molar-refractivity contribution >= 4 is 0 Å². The molecule has 0 spiro atoms. The molecule has 3 nitrogen and oxygen atoms in total. The molecule has 0 heterocycles. The minimum atomic E-state index is -1.06. The average Bonchev–Trinajstić information content (AvgIpc) is 1.65. The quantitative estimate of drug-likeness (QED) is 0.371. The number of aliphatic hydroxyl groups excluding tert-OH is 2. The molecule has 5 heteroatoms. The molecular weight excluding hydrogens is 126 g/mol. The Balaban J connectivity index is -0.000000125. The van der Waals surface area contributed by atoms with Crippen molar-refractivity contribution in [3.63, 3.8) is 0 Å². The maximum absolute atomic E-state index is 9.45. The number of rotatable bonds is 2. The van der Waals surface area contributed by atoms with Gasteiger partial charge in [0.1, 0.15) is 0 Å². The zero-order valence-electron chi connectivity index (χ0n) is 4.70. The van der Waals surface area contributed by atoms with Crippen LogP contribution in [0.2, 0.25) is 0 Å². The minimum absolute atomic E-state index is 0. The van der Waals surface area contributed by atoms with E-state index in [0.29, 0.717) is 0 Å². The van der Waals surface area contributed by atoms with Gasteiger partial charge < -0.3 is 15.3 Å². The van der Waals surface area contributed by atoms with Gasteiger partial charge in [0, 0.05) is 0 Å². The predicted molar refractivity (Wildman–Crippen MR) is 20.5 cm³/mol. The van der Waals surface area contributed by atoms with Crippen molar-refractivity contribution in [2.45, 2.75) is 6.10 Å². The molecule has 0 aromatic heterocycles. The second kappa shape index (κ2) is 10.7. The third-order valence-electron chi connectivity index (χ3n) is 0.403. The zero-order chi connectivity index (χ0) is 4.99. The molecule has 1 atom stereocenters. The summed E-state index contributed by atoms with van der Waals surface area (Å²) in [7, 11) is 0. The fourth-order valence-electron chi connectivity index (χ4n) is 0.0527. The van der Waals surface area contributed by atoms with Crippen LogP contribution in [0.3, 0.4) is 0 Å². The SMILES string of the molecule is F.[Na+].[O-]CC(O)CO. The first-order chi connectivity index (χ1) is 2.81. The maximum atomic E-state index is 9.45. The van der Waals surface area contributed by atoms with Crippen LogP contribution in [0, 0.1) is 0 Å². The monoisotopic (exact) mass is 134 g/mol. The number of halogens is 1. The van der Waals surface area contributed by atoms with Crippen LogP contribution in [-0.4, -0.2) is 29.5 Å². The Labute approximate surface area is 69.0 Å². The smallest absolute Gasteiger partial charge is 0.853 e. The molecule has 0 aliphatic heterocycles. The van der Waals surface area contributed by atoms with E-state index >= 15 is 0 Å². The van der Waals surface area contributed by atoms with E-state index in [9.17, 15) is 5.11 Å². The Morgan fingerprint density at radius 3 is 1.88 bits per heavy atom. The van der Waals surface area contributed by atoms with Gasteiger partial charge in [-0.15, -0.1) is 6.61 Å². The average molecular weight is 134 g/mol. The Bertz CT molecular complexity index is 33.7. The summed E-state index contributed by atoms with van der Waals surface area (Å²) >= 11 is 0. The summed E-state index contributed by atoms with van der Waals surface area (Å²) in [4.78, 5) is 0. The molecule has 0 aromatic rings. The third-order valence-corrected chi connectivity index (χ3v) is 0.403. The molecule has 46 valence electrons. The van der Waals surface area contributed by atoms with E-state index in [2.05, 4.69) is 0 Å². The van der Waals surface area contributed by atoms with Crippen LogP contribution in [0.5, 0.6) is 0 Å². The summed E-state index contributed by atoms with van der Waals surface area (Å²) in [5, 5.41) is 25.4. The minimum Gasteiger partial charge on any atom is -0.853 e. The topological polar surface area (TPSA) is 63.5 Å². The standard InChI is InChI=1S/C3H7O3.FH.Na/c4-1-3(6)2-5;;/h3-4,6H,1-2H2;1H;/q-1;;+1. The van der Waals surface area contributed by atoms with Gasteiger partial charge >= 0.3 is 29.6 Å². The fraction of sp³-hybridized carbons (Fsp3) is 1.00. The van der Waals surface area contributed by atoms with Crippen LogP contribution >= 0.6 is 0 Å². The molecule has 2 N–H and O–H groups in total. The van der Waals surface area contributed by atoms with Crippen molar-refractivity contribution in [2.24, 2.45) is 0 Å². The van der Waals surface area contributed by atoms with Crippen LogP contribution < -0.4 is 34.7 Å². The third kappa shape index (κ3) is 9.94. The molecule has 0 fully saturated rings. The molecule has 0 radical (unpaired) electrons. The molecule has 0 aromatic carbocycles. The summed E-state index contributed by atoms with van der Waals surface area (Å²) in [5.74, 6) is 0. The Morgan fingerprint density at radius 2 is 1.88 bits per heavy atom. The second-order valence-corrected chi connectivity index (χ2v) is 1.00. The number of aliphatic hydroxyl groups is 2. The van der Waals surface area contributed by atoms with Crippen LogP contribution in [0.25, 0.3) is 0 Å². The molecule has 0 aliphatic rings. The van der Waals surface area contributed by atoms with Crippen molar-refractivity contribution in [3.05, 3.63) is 0 Å². The van der Waals surface area contributed by atoms with Crippen LogP contribution in [0.4, 0.5) is 4.70 Å². The van der Waals surface area contributed by atoms with Gasteiger partial charge in [0.05, 0.1) is 12.7 Å². The molecule has 8 heavy (non-hydrogen) atoms. The zero-order valence-corrected chi connectivity index (χ0v) is 6.70. The number of hydrogen-bond acceptors (Lipinski definition) is 3. The Kier molecular flexibility index (Phi) is 21.4. The largest absolute Gasteiger partial charge is 1.00 e. The van der Waals surface area contributed by atoms with Crippen molar-refractivity contribution in [2.75, 3.05) is 13.2 Å². The molecule has 0 amide bonds. The van der Waals surface area contributed by atoms with E-state index in [4.69, 9.17) is 10.2 Å². The molecule has 0 rings (SSSR count). The van der Waals surface area contributed by atoms with Gasteiger partial charge in [-0.3, -0.25) is 4.70 Å². The van der Waals surface area contributed by atoms with Crippen molar-refractivity contribution < 1.29 is 49.6 Å². The Morgan fingerprint density at radius 1 is 1.50 bits per heavy atom. The Hall–Kier alpha value is 0.810. The van der Waals surface area contributed by atoms with Crippen molar-refractivity contribution in [3.8, 4) is 0 Å². The first-order valence-electron chi connectivity index (χ1n) is 1.68. The fourth-order valence-corrected chi connectivity index (χ4v) is 0.0527. The van der Waals surface area contributed by atoms with Crippen molar-refractivity contribution in [1.29, 1.82) is 0 Å². The van der Waals surface area contributed by atoms with Gasteiger partial charge in [-0.1, -0.05) is 0 Å². The van der Waals surface area contributed by atoms with Gasteiger partial charge in [0.2, 0.25) is 0 Å². The van der Waals surface area contributed by atoms with Crippen molar-refractivity contribution in [1.82, 2.24) is 0 Å². The summed E-state index contributed by atoms with van der Waals surface area (Å²) in [5.41, 5.74) is 0. The molecular formula is C3H8FNaO3.